The van der Waals surface area contributed by atoms with Crippen molar-refractivity contribution in [3.05, 3.63) is 41.2 Å². The molecule has 8 nitrogen and oxygen atoms in total. The molecule has 2 N–H and O–H groups in total. The second kappa shape index (κ2) is 6.70. The average Bonchev–Trinajstić information content (AvgIpc) is 2.96. The molecule has 0 atom stereocenters. The number of rotatable bonds is 6. The van der Waals surface area contributed by atoms with Gasteiger partial charge in [0.1, 0.15) is 5.75 Å². The Kier molecular flexibility index (Phi) is 4.72. The van der Waals surface area contributed by atoms with E-state index in [2.05, 4.69) is 15.6 Å². The maximum absolute atomic E-state index is 12.0. The zero-order valence-corrected chi connectivity index (χ0v) is 12.2. The minimum atomic E-state index is -1.14. The summed E-state index contributed by atoms with van der Waals surface area (Å²) < 4.78 is 6.54. The summed E-state index contributed by atoms with van der Waals surface area (Å²) in [5, 5.41) is 18.6. The van der Waals surface area contributed by atoms with E-state index in [1.807, 2.05) is 13.0 Å². The number of aromatic carboxylic acids is 1. The molecule has 0 spiro atoms. The Hall–Kier alpha value is -2.90. The molecule has 0 saturated heterocycles. The van der Waals surface area contributed by atoms with Crippen molar-refractivity contribution in [2.75, 3.05) is 13.7 Å². The van der Waals surface area contributed by atoms with Gasteiger partial charge in [0.25, 0.3) is 5.91 Å². The molecule has 0 saturated carbocycles. The third kappa shape index (κ3) is 3.60. The van der Waals surface area contributed by atoms with Crippen LogP contribution in [0.25, 0.3) is 0 Å². The molecule has 1 amide bonds. The number of carboxylic acids is 1. The SMILES string of the molecule is COc1cc(C(=O)NCCn2cc(C(=O)O)nn2)ccc1C. The lowest BCUT2D eigenvalue weighted by molar-refractivity contribution is 0.0690. The van der Waals surface area contributed by atoms with Gasteiger partial charge in [0.2, 0.25) is 0 Å². The lowest BCUT2D eigenvalue weighted by Crippen LogP contribution is -2.27. The van der Waals surface area contributed by atoms with Crippen LogP contribution in [0, 0.1) is 6.92 Å². The van der Waals surface area contributed by atoms with Crippen molar-refractivity contribution in [2.45, 2.75) is 13.5 Å². The van der Waals surface area contributed by atoms with Crippen LogP contribution in [0.2, 0.25) is 0 Å². The molecule has 0 unspecified atom stereocenters. The van der Waals surface area contributed by atoms with Gasteiger partial charge in [-0.25, -0.2) is 9.48 Å². The highest BCUT2D eigenvalue weighted by Crippen LogP contribution is 2.18. The van der Waals surface area contributed by atoms with E-state index in [1.165, 1.54) is 10.9 Å². The first-order valence-electron chi connectivity index (χ1n) is 6.57. The predicted octanol–water partition coefficient (Wildman–Crippen LogP) is 0.723. The fraction of sp³-hybridized carbons (Fsp3) is 0.286. The normalized spacial score (nSPS) is 10.3. The van der Waals surface area contributed by atoms with Gasteiger partial charge in [-0.05, 0) is 24.6 Å². The summed E-state index contributed by atoms with van der Waals surface area (Å²) in [5.41, 5.74) is 1.31. The third-order valence-corrected chi connectivity index (χ3v) is 3.05. The van der Waals surface area contributed by atoms with Gasteiger partial charge in [-0.3, -0.25) is 4.79 Å². The van der Waals surface area contributed by atoms with Gasteiger partial charge in [-0.15, -0.1) is 5.10 Å². The standard InChI is InChI=1S/C14H16N4O4/c1-9-3-4-10(7-12(9)22-2)13(19)15-5-6-18-8-11(14(20)21)16-17-18/h3-4,7-8H,5-6H2,1-2H3,(H,15,19)(H,20,21). The van der Waals surface area contributed by atoms with Crippen molar-refractivity contribution < 1.29 is 19.4 Å². The fourth-order valence-corrected chi connectivity index (χ4v) is 1.85. The number of hydrogen-bond donors (Lipinski definition) is 2. The molecule has 0 aliphatic heterocycles. The van der Waals surface area contributed by atoms with Crippen LogP contribution in [0.4, 0.5) is 0 Å². The van der Waals surface area contributed by atoms with Crippen LogP contribution in [0.3, 0.4) is 0 Å². The highest BCUT2D eigenvalue weighted by Gasteiger charge is 2.10. The maximum atomic E-state index is 12.0. The molecule has 2 aromatic rings. The van der Waals surface area contributed by atoms with E-state index < -0.39 is 5.97 Å². The number of ether oxygens (including phenoxy) is 1. The third-order valence-electron chi connectivity index (χ3n) is 3.05. The number of amides is 1. The molecule has 0 aliphatic rings. The lowest BCUT2D eigenvalue weighted by Gasteiger charge is -2.08. The van der Waals surface area contributed by atoms with Crippen LogP contribution >= 0.6 is 0 Å². The first-order chi connectivity index (χ1) is 10.5. The molecule has 0 bridgehead atoms. The molecule has 1 aromatic carbocycles. The number of methoxy groups -OCH3 is 1. The van der Waals surface area contributed by atoms with Crippen molar-refractivity contribution in [3.8, 4) is 5.75 Å². The zero-order chi connectivity index (χ0) is 16.1. The molecular formula is C14H16N4O4. The number of nitrogens with one attached hydrogen (secondary N) is 1. The Balaban J connectivity index is 1.91. The van der Waals surface area contributed by atoms with E-state index in [-0.39, 0.29) is 11.6 Å². The summed E-state index contributed by atoms with van der Waals surface area (Å²) >= 11 is 0. The number of aromatic nitrogens is 3. The van der Waals surface area contributed by atoms with Gasteiger partial charge in [-0.2, -0.15) is 0 Å². The fourth-order valence-electron chi connectivity index (χ4n) is 1.85. The van der Waals surface area contributed by atoms with E-state index in [1.54, 1.807) is 19.2 Å². The molecule has 116 valence electrons. The van der Waals surface area contributed by atoms with Crippen LogP contribution in [0.5, 0.6) is 5.75 Å². The predicted molar refractivity (Wildman–Crippen MR) is 77.0 cm³/mol. The van der Waals surface area contributed by atoms with Crippen LogP contribution in [0.15, 0.2) is 24.4 Å². The average molecular weight is 304 g/mol. The number of carbonyl (C=O) groups excluding carboxylic acids is 1. The highest BCUT2D eigenvalue weighted by atomic mass is 16.5. The summed E-state index contributed by atoms with van der Waals surface area (Å²) in [6.45, 7) is 2.53. The molecule has 22 heavy (non-hydrogen) atoms. The monoisotopic (exact) mass is 304 g/mol. The van der Waals surface area contributed by atoms with E-state index >= 15 is 0 Å². The van der Waals surface area contributed by atoms with E-state index in [9.17, 15) is 9.59 Å². The zero-order valence-electron chi connectivity index (χ0n) is 12.2. The molecule has 0 fully saturated rings. The van der Waals surface area contributed by atoms with E-state index in [0.717, 1.165) is 5.56 Å². The Morgan fingerprint density at radius 1 is 1.41 bits per heavy atom. The van der Waals surface area contributed by atoms with Gasteiger partial charge in [-0.1, -0.05) is 11.3 Å². The summed E-state index contributed by atoms with van der Waals surface area (Å²) in [7, 11) is 1.55. The topological polar surface area (TPSA) is 106 Å². The molecule has 8 heteroatoms. The molecule has 2 rings (SSSR count). The molecule has 0 radical (unpaired) electrons. The Morgan fingerprint density at radius 2 is 2.18 bits per heavy atom. The maximum Gasteiger partial charge on any atom is 0.358 e. The van der Waals surface area contributed by atoms with E-state index in [0.29, 0.717) is 24.4 Å². The number of benzene rings is 1. The second-order valence-electron chi connectivity index (χ2n) is 4.61. The van der Waals surface area contributed by atoms with Gasteiger partial charge < -0.3 is 15.2 Å². The lowest BCUT2D eigenvalue weighted by atomic mass is 10.1. The summed E-state index contributed by atoms with van der Waals surface area (Å²) in [6.07, 6.45) is 1.31. The van der Waals surface area contributed by atoms with E-state index in [4.69, 9.17) is 9.84 Å². The smallest absolute Gasteiger partial charge is 0.358 e. The number of hydrogen-bond acceptors (Lipinski definition) is 5. The van der Waals surface area contributed by atoms with Crippen molar-refractivity contribution in [3.63, 3.8) is 0 Å². The van der Waals surface area contributed by atoms with Crippen LogP contribution < -0.4 is 10.1 Å². The number of carboxylic acid groups (broad SMARTS) is 1. The van der Waals surface area contributed by atoms with Crippen LogP contribution in [-0.4, -0.2) is 45.6 Å². The first-order valence-corrected chi connectivity index (χ1v) is 6.57. The summed E-state index contributed by atoms with van der Waals surface area (Å²) in [5.74, 6) is -0.728. The van der Waals surface area contributed by atoms with Gasteiger partial charge in [0.15, 0.2) is 5.69 Å². The quantitative estimate of drug-likeness (QED) is 0.814. The van der Waals surface area contributed by atoms with Crippen molar-refractivity contribution in [1.82, 2.24) is 20.3 Å². The number of carbonyl (C=O) groups is 2. The van der Waals surface area contributed by atoms with Crippen molar-refractivity contribution in [1.29, 1.82) is 0 Å². The van der Waals surface area contributed by atoms with Crippen molar-refractivity contribution >= 4 is 11.9 Å². The van der Waals surface area contributed by atoms with Gasteiger partial charge in [0.05, 0.1) is 19.9 Å². The minimum Gasteiger partial charge on any atom is -0.496 e. The minimum absolute atomic E-state index is 0.130. The molecule has 1 heterocycles. The Morgan fingerprint density at radius 3 is 2.82 bits per heavy atom. The summed E-state index contributed by atoms with van der Waals surface area (Å²) in [6, 6.07) is 5.19. The summed E-state index contributed by atoms with van der Waals surface area (Å²) in [4.78, 5) is 22.7. The Bertz CT molecular complexity index is 696. The highest BCUT2D eigenvalue weighted by molar-refractivity contribution is 5.94. The van der Waals surface area contributed by atoms with Gasteiger partial charge >= 0.3 is 5.97 Å². The van der Waals surface area contributed by atoms with Crippen LogP contribution in [0.1, 0.15) is 26.4 Å². The van der Waals surface area contributed by atoms with Crippen LogP contribution in [-0.2, 0) is 6.54 Å². The molecule has 1 aromatic heterocycles. The number of aryl methyl sites for hydroxylation is 1. The second-order valence-corrected chi connectivity index (χ2v) is 4.61. The van der Waals surface area contributed by atoms with Crippen molar-refractivity contribution in [2.24, 2.45) is 0 Å². The molecule has 0 aliphatic carbocycles. The molecular weight excluding hydrogens is 288 g/mol. The number of nitrogens with zero attached hydrogens (tertiary/aromatic N) is 3. The first kappa shape index (κ1) is 15.5. The Labute approximate surface area is 126 Å². The largest absolute Gasteiger partial charge is 0.496 e. The van der Waals surface area contributed by atoms with Gasteiger partial charge in [0, 0.05) is 12.1 Å².